The smallest absolute Gasteiger partial charge is 0.252 e. The van der Waals surface area contributed by atoms with Crippen molar-refractivity contribution in [3.8, 4) is 11.5 Å². The van der Waals surface area contributed by atoms with E-state index in [0.29, 0.717) is 49.9 Å². The third-order valence-electron chi connectivity index (χ3n) is 7.20. The van der Waals surface area contributed by atoms with Crippen LogP contribution in [-0.4, -0.2) is 43.3 Å². The number of ether oxygens (including phenoxy) is 2. The normalized spacial score (nSPS) is 13.8. The maximum atomic E-state index is 13.3. The van der Waals surface area contributed by atoms with Crippen LogP contribution in [0.5, 0.6) is 11.5 Å². The Balaban J connectivity index is 1.34. The zero-order valence-corrected chi connectivity index (χ0v) is 23.4. The van der Waals surface area contributed by atoms with Crippen molar-refractivity contribution in [3.05, 3.63) is 98.2 Å². The van der Waals surface area contributed by atoms with Crippen molar-refractivity contribution in [3.63, 3.8) is 0 Å². The van der Waals surface area contributed by atoms with Gasteiger partial charge in [0.15, 0.2) is 17.3 Å². The average Bonchev–Trinajstić information content (AvgIpc) is 3.64. The Morgan fingerprint density at radius 3 is 2.58 bits per heavy atom. The molecule has 0 radical (unpaired) electrons. The number of hydrogen-bond acceptors (Lipinski definition) is 8. The molecule has 1 atom stereocenters. The van der Waals surface area contributed by atoms with Gasteiger partial charge >= 0.3 is 0 Å². The van der Waals surface area contributed by atoms with Crippen LogP contribution in [0.3, 0.4) is 0 Å². The summed E-state index contributed by atoms with van der Waals surface area (Å²) in [6.45, 7) is 7.15. The lowest BCUT2D eigenvalue weighted by Crippen LogP contribution is -2.35. The lowest BCUT2D eigenvalue weighted by atomic mass is 10.00. The Bertz CT molecular complexity index is 1630. The second-order valence-corrected chi connectivity index (χ2v) is 11.4. The molecule has 0 saturated carbocycles. The molecule has 6 rings (SSSR count). The van der Waals surface area contributed by atoms with E-state index >= 15 is 0 Å². The first-order valence-electron chi connectivity index (χ1n) is 13.6. The van der Waals surface area contributed by atoms with E-state index in [4.69, 9.17) is 9.47 Å². The molecule has 0 bridgehead atoms. The number of hydrogen-bond donors (Lipinski definition) is 1. The molecule has 1 N–H and O–H groups in total. The van der Waals surface area contributed by atoms with Crippen LogP contribution in [0, 0.1) is 5.92 Å². The van der Waals surface area contributed by atoms with E-state index in [-0.39, 0.29) is 17.5 Å². The highest BCUT2D eigenvalue weighted by atomic mass is 32.1. The molecular formula is C30H32N6O3S. The summed E-state index contributed by atoms with van der Waals surface area (Å²) in [5.74, 6) is 2.35. The molecule has 3 aromatic heterocycles. The van der Waals surface area contributed by atoms with Crippen molar-refractivity contribution in [2.45, 2.75) is 45.9 Å². The summed E-state index contributed by atoms with van der Waals surface area (Å²) in [6, 6.07) is 20.2. The lowest BCUT2D eigenvalue weighted by Gasteiger charge is -2.33. The van der Waals surface area contributed by atoms with Gasteiger partial charge in [-0.05, 0) is 51.9 Å². The summed E-state index contributed by atoms with van der Waals surface area (Å²) in [7, 11) is 0. The summed E-state index contributed by atoms with van der Waals surface area (Å²) in [5.41, 5.74) is 2.52. The van der Waals surface area contributed by atoms with Gasteiger partial charge in [0.2, 0.25) is 0 Å². The SMILES string of the molecule is CC(C)C(c1nnnn1CCc1ccccc1)N(Cc1cccs1)Cc1cc2cc3c(cc2[nH]c1=O)OCCO3. The first kappa shape index (κ1) is 26.2. The van der Waals surface area contributed by atoms with Crippen LogP contribution < -0.4 is 15.0 Å². The van der Waals surface area contributed by atoms with E-state index in [9.17, 15) is 4.79 Å². The Morgan fingerprint density at radius 2 is 1.82 bits per heavy atom. The van der Waals surface area contributed by atoms with Gasteiger partial charge in [0, 0.05) is 41.5 Å². The Morgan fingerprint density at radius 1 is 1.02 bits per heavy atom. The van der Waals surface area contributed by atoms with Crippen molar-refractivity contribution in [2.24, 2.45) is 5.92 Å². The molecule has 1 aliphatic heterocycles. The number of aryl methyl sites for hydroxylation is 2. The molecule has 0 fully saturated rings. The number of benzene rings is 2. The molecule has 0 spiro atoms. The number of tetrazole rings is 1. The van der Waals surface area contributed by atoms with Crippen LogP contribution in [0.15, 0.2) is 70.8 Å². The second kappa shape index (κ2) is 11.6. The number of thiophene rings is 1. The van der Waals surface area contributed by atoms with Crippen LogP contribution >= 0.6 is 11.3 Å². The fourth-order valence-electron chi connectivity index (χ4n) is 5.32. The third-order valence-corrected chi connectivity index (χ3v) is 8.06. The highest BCUT2D eigenvalue weighted by Gasteiger charge is 2.30. The van der Waals surface area contributed by atoms with Crippen LogP contribution in [0.1, 0.15) is 41.7 Å². The van der Waals surface area contributed by atoms with E-state index in [1.54, 1.807) is 11.3 Å². The second-order valence-electron chi connectivity index (χ2n) is 10.4. The first-order chi connectivity index (χ1) is 19.5. The number of nitrogens with one attached hydrogen (secondary N) is 1. The van der Waals surface area contributed by atoms with Gasteiger partial charge in [-0.15, -0.1) is 16.4 Å². The van der Waals surface area contributed by atoms with Gasteiger partial charge in [-0.1, -0.05) is 50.2 Å². The summed E-state index contributed by atoms with van der Waals surface area (Å²) >= 11 is 1.71. The van der Waals surface area contributed by atoms with Crippen molar-refractivity contribution in [1.29, 1.82) is 0 Å². The highest BCUT2D eigenvalue weighted by molar-refractivity contribution is 7.09. The van der Waals surface area contributed by atoms with Crippen molar-refractivity contribution >= 4 is 22.2 Å². The first-order valence-corrected chi connectivity index (χ1v) is 14.4. The van der Waals surface area contributed by atoms with Crippen LogP contribution in [0.25, 0.3) is 10.9 Å². The molecule has 5 aromatic rings. The molecular weight excluding hydrogens is 524 g/mol. The maximum absolute atomic E-state index is 13.3. The van der Waals surface area contributed by atoms with Crippen LogP contribution in [0.2, 0.25) is 0 Å². The van der Waals surface area contributed by atoms with Gasteiger partial charge in [-0.25, -0.2) is 4.68 Å². The third kappa shape index (κ3) is 5.64. The number of aromatic amines is 1. The monoisotopic (exact) mass is 556 g/mol. The van der Waals surface area contributed by atoms with E-state index in [1.165, 1.54) is 10.4 Å². The number of H-pyrrole nitrogens is 1. The maximum Gasteiger partial charge on any atom is 0.252 e. The zero-order valence-electron chi connectivity index (χ0n) is 22.6. The van der Waals surface area contributed by atoms with E-state index in [0.717, 1.165) is 23.1 Å². The summed E-state index contributed by atoms with van der Waals surface area (Å²) in [4.78, 5) is 19.9. The highest BCUT2D eigenvalue weighted by Crippen LogP contribution is 2.35. The zero-order chi connectivity index (χ0) is 27.5. The molecule has 1 aliphatic rings. The lowest BCUT2D eigenvalue weighted by molar-refractivity contribution is 0.127. The molecule has 40 heavy (non-hydrogen) atoms. The molecule has 10 heteroatoms. The minimum Gasteiger partial charge on any atom is -0.486 e. The van der Waals surface area contributed by atoms with Gasteiger partial charge in [0.05, 0.1) is 11.6 Å². The molecule has 0 saturated heterocycles. The van der Waals surface area contributed by atoms with Gasteiger partial charge in [-0.2, -0.15) is 0 Å². The van der Waals surface area contributed by atoms with Crippen molar-refractivity contribution in [1.82, 2.24) is 30.1 Å². The molecule has 2 aromatic carbocycles. The van der Waals surface area contributed by atoms with Crippen LogP contribution in [-0.2, 0) is 26.1 Å². The largest absolute Gasteiger partial charge is 0.486 e. The van der Waals surface area contributed by atoms with E-state index in [1.807, 2.05) is 41.1 Å². The number of pyridine rings is 1. The number of fused-ring (bicyclic) bond motifs is 2. The fraction of sp³-hybridized carbons (Fsp3) is 0.333. The predicted molar refractivity (Wildman–Crippen MR) is 155 cm³/mol. The van der Waals surface area contributed by atoms with Gasteiger partial charge in [0.1, 0.15) is 13.2 Å². The van der Waals surface area contributed by atoms with Gasteiger partial charge in [-0.3, -0.25) is 9.69 Å². The molecule has 1 unspecified atom stereocenters. The predicted octanol–water partition coefficient (Wildman–Crippen LogP) is 4.99. The quantitative estimate of drug-likeness (QED) is 0.259. The Kier molecular flexibility index (Phi) is 7.61. The molecule has 4 heterocycles. The minimum atomic E-state index is -0.119. The average molecular weight is 557 g/mol. The van der Waals surface area contributed by atoms with Crippen molar-refractivity contribution < 1.29 is 9.47 Å². The van der Waals surface area contributed by atoms with Crippen molar-refractivity contribution in [2.75, 3.05) is 13.2 Å². The number of rotatable bonds is 10. The van der Waals surface area contributed by atoms with E-state index < -0.39 is 0 Å². The summed E-state index contributed by atoms with van der Waals surface area (Å²) in [6.07, 6.45) is 0.828. The molecule has 206 valence electrons. The Labute approximate surface area is 236 Å². The molecule has 0 aliphatic carbocycles. The van der Waals surface area contributed by atoms with E-state index in [2.05, 4.69) is 68.9 Å². The van der Waals surface area contributed by atoms with Gasteiger partial charge < -0.3 is 14.5 Å². The summed E-state index contributed by atoms with van der Waals surface area (Å²) < 4.78 is 13.4. The fourth-order valence-corrected chi connectivity index (χ4v) is 6.05. The minimum absolute atomic E-state index is 0.108. The number of aromatic nitrogens is 5. The van der Waals surface area contributed by atoms with Crippen LogP contribution in [0.4, 0.5) is 0 Å². The number of nitrogens with zero attached hydrogens (tertiary/aromatic N) is 5. The molecule has 9 nitrogen and oxygen atoms in total. The Hall–Kier alpha value is -4.02. The standard InChI is InChI=1S/C30H32N6O3S/c1-20(2)28(29-32-33-34-36(29)11-10-21-7-4-3-5-8-21)35(19-24-9-6-14-40-24)18-23-15-22-16-26-27(39-13-12-38-26)17-25(22)31-30(23)37/h3-9,14-17,20,28H,10-13,18-19H2,1-2H3,(H,31,37). The topological polar surface area (TPSA) is 98.2 Å². The van der Waals surface area contributed by atoms with Gasteiger partial charge in [0.25, 0.3) is 5.56 Å². The molecule has 0 amide bonds. The summed E-state index contributed by atoms with van der Waals surface area (Å²) in [5, 5.41) is 15.9.